The van der Waals surface area contributed by atoms with Crippen LogP contribution in [-0.2, 0) is 0 Å². The molecule has 0 unspecified atom stereocenters. The molecule has 0 fully saturated rings. The first kappa shape index (κ1) is 12.7. The lowest BCUT2D eigenvalue weighted by Gasteiger charge is -2.25. The van der Waals surface area contributed by atoms with Gasteiger partial charge in [0.05, 0.1) is 8.66 Å². The van der Waals surface area contributed by atoms with E-state index in [2.05, 4.69) is 29.8 Å². The third kappa shape index (κ3) is 3.05. The fraction of sp³-hybridized carbons (Fsp3) is 0.545. The minimum atomic E-state index is 0.124. The predicted molar refractivity (Wildman–Crippen MR) is 68.5 cm³/mol. The Bertz CT molecular complexity index is 333. The van der Waals surface area contributed by atoms with E-state index >= 15 is 0 Å². The Morgan fingerprint density at radius 1 is 1.47 bits per heavy atom. The molecule has 0 aliphatic carbocycles. The van der Waals surface area contributed by atoms with E-state index in [0.29, 0.717) is 6.04 Å². The summed E-state index contributed by atoms with van der Waals surface area (Å²) in [5.74, 6) is 0.124. The number of hydrogen-bond acceptors (Lipinski definition) is 2. The maximum absolute atomic E-state index is 12.0. The van der Waals surface area contributed by atoms with Crippen LogP contribution in [0.25, 0.3) is 0 Å². The van der Waals surface area contributed by atoms with Crippen LogP contribution >= 0.6 is 27.3 Å². The average Bonchev–Trinajstić information content (AvgIpc) is 2.65. The lowest BCUT2D eigenvalue weighted by Crippen LogP contribution is -2.35. The maximum atomic E-state index is 12.0. The molecule has 1 aromatic heterocycles. The van der Waals surface area contributed by atoms with Crippen molar-refractivity contribution in [3.8, 4) is 0 Å². The van der Waals surface area contributed by atoms with Crippen LogP contribution < -0.4 is 0 Å². The van der Waals surface area contributed by atoms with Crippen molar-refractivity contribution in [2.75, 3.05) is 7.05 Å². The van der Waals surface area contributed by atoms with E-state index in [-0.39, 0.29) is 5.91 Å². The third-order valence-electron chi connectivity index (χ3n) is 2.59. The van der Waals surface area contributed by atoms with E-state index in [1.165, 1.54) is 11.3 Å². The van der Waals surface area contributed by atoms with Crippen LogP contribution in [-0.4, -0.2) is 23.9 Å². The quantitative estimate of drug-likeness (QED) is 0.826. The van der Waals surface area contributed by atoms with E-state index in [9.17, 15) is 4.79 Å². The summed E-state index contributed by atoms with van der Waals surface area (Å²) in [5.41, 5.74) is 0. The van der Waals surface area contributed by atoms with Crippen molar-refractivity contribution >= 4 is 33.2 Å². The highest BCUT2D eigenvalue weighted by Gasteiger charge is 2.19. The van der Waals surface area contributed by atoms with Crippen molar-refractivity contribution in [2.24, 2.45) is 0 Å². The largest absolute Gasteiger partial charge is 0.338 e. The molecule has 0 aliphatic heterocycles. The Balaban J connectivity index is 2.76. The second-order valence-corrected chi connectivity index (χ2v) is 5.95. The van der Waals surface area contributed by atoms with Crippen LogP contribution in [0.3, 0.4) is 0 Å². The molecule has 1 heterocycles. The van der Waals surface area contributed by atoms with E-state index in [1.807, 2.05) is 24.1 Å². The molecule has 0 aromatic carbocycles. The van der Waals surface area contributed by atoms with Crippen LogP contribution in [0, 0.1) is 0 Å². The average molecular weight is 290 g/mol. The summed E-state index contributed by atoms with van der Waals surface area (Å²) in [6.45, 7) is 4.23. The SMILES string of the molecule is CCC(CC)N(C)C(=O)c1ccc(Br)s1. The zero-order valence-corrected chi connectivity index (χ0v) is 11.7. The van der Waals surface area contributed by atoms with Crippen molar-refractivity contribution in [2.45, 2.75) is 32.7 Å². The van der Waals surface area contributed by atoms with Gasteiger partial charge in [-0.2, -0.15) is 0 Å². The first-order chi connectivity index (χ1) is 7.10. The summed E-state index contributed by atoms with van der Waals surface area (Å²) in [7, 11) is 1.88. The number of nitrogens with zero attached hydrogens (tertiary/aromatic N) is 1. The maximum Gasteiger partial charge on any atom is 0.263 e. The van der Waals surface area contributed by atoms with Crippen LogP contribution in [0.4, 0.5) is 0 Å². The molecule has 1 rings (SSSR count). The van der Waals surface area contributed by atoms with Crippen molar-refractivity contribution in [1.82, 2.24) is 4.90 Å². The van der Waals surface area contributed by atoms with Gasteiger partial charge in [-0.1, -0.05) is 13.8 Å². The highest BCUT2D eigenvalue weighted by molar-refractivity contribution is 9.11. The number of carbonyl (C=O) groups excluding carboxylic acids is 1. The summed E-state index contributed by atoms with van der Waals surface area (Å²) in [6.07, 6.45) is 2.01. The summed E-state index contributed by atoms with van der Waals surface area (Å²) < 4.78 is 1.00. The van der Waals surface area contributed by atoms with Crippen LogP contribution in [0.5, 0.6) is 0 Å². The van der Waals surface area contributed by atoms with E-state index in [4.69, 9.17) is 0 Å². The number of amides is 1. The zero-order valence-electron chi connectivity index (χ0n) is 9.29. The topological polar surface area (TPSA) is 20.3 Å². The van der Waals surface area contributed by atoms with Gasteiger partial charge in [-0.05, 0) is 40.9 Å². The Hall–Kier alpha value is -0.350. The van der Waals surface area contributed by atoms with Gasteiger partial charge in [0, 0.05) is 13.1 Å². The van der Waals surface area contributed by atoms with Crippen molar-refractivity contribution in [1.29, 1.82) is 0 Å². The van der Waals surface area contributed by atoms with Gasteiger partial charge < -0.3 is 4.90 Å². The van der Waals surface area contributed by atoms with Gasteiger partial charge in [0.2, 0.25) is 0 Å². The first-order valence-corrected chi connectivity index (χ1v) is 6.73. The molecule has 0 radical (unpaired) electrons. The molecule has 0 N–H and O–H groups in total. The molecule has 15 heavy (non-hydrogen) atoms. The molecule has 0 saturated carbocycles. The molecule has 4 heteroatoms. The van der Waals surface area contributed by atoms with E-state index in [0.717, 1.165) is 21.5 Å². The predicted octanol–water partition coefficient (Wildman–Crippen LogP) is 3.77. The molecule has 84 valence electrons. The van der Waals surface area contributed by atoms with Gasteiger partial charge >= 0.3 is 0 Å². The molecule has 0 saturated heterocycles. The Morgan fingerprint density at radius 3 is 2.47 bits per heavy atom. The Morgan fingerprint density at radius 2 is 2.07 bits per heavy atom. The normalized spacial score (nSPS) is 10.7. The molecule has 0 atom stereocenters. The monoisotopic (exact) mass is 289 g/mol. The molecule has 0 spiro atoms. The summed E-state index contributed by atoms with van der Waals surface area (Å²) in [4.78, 5) is 14.7. The van der Waals surface area contributed by atoms with Crippen molar-refractivity contribution < 1.29 is 4.79 Å². The fourth-order valence-electron chi connectivity index (χ4n) is 1.61. The lowest BCUT2D eigenvalue weighted by molar-refractivity contribution is 0.0728. The zero-order chi connectivity index (χ0) is 11.4. The van der Waals surface area contributed by atoms with Crippen molar-refractivity contribution in [3.63, 3.8) is 0 Å². The van der Waals surface area contributed by atoms with Gasteiger partial charge in [-0.15, -0.1) is 11.3 Å². The molecule has 2 nitrogen and oxygen atoms in total. The van der Waals surface area contributed by atoms with Gasteiger partial charge in [-0.25, -0.2) is 0 Å². The number of halogens is 1. The van der Waals surface area contributed by atoms with E-state index in [1.54, 1.807) is 0 Å². The summed E-state index contributed by atoms with van der Waals surface area (Å²) >= 11 is 4.86. The van der Waals surface area contributed by atoms with Crippen molar-refractivity contribution in [3.05, 3.63) is 20.8 Å². The Labute approximate surface area is 103 Å². The highest BCUT2D eigenvalue weighted by Crippen LogP contribution is 2.24. The number of rotatable bonds is 4. The molecule has 1 aromatic rings. The molecule has 0 bridgehead atoms. The second kappa shape index (κ2) is 5.66. The van der Waals surface area contributed by atoms with Gasteiger partial charge in [-0.3, -0.25) is 4.79 Å². The Kier molecular flexibility index (Phi) is 4.80. The van der Waals surface area contributed by atoms with Gasteiger partial charge in [0.1, 0.15) is 0 Å². The summed E-state index contributed by atoms with van der Waals surface area (Å²) in [5, 5.41) is 0. The van der Waals surface area contributed by atoms with Crippen LogP contribution in [0.15, 0.2) is 15.9 Å². The lowest BCUT2D eigenvalue weighted by atomic mass is 10.1. The smallest absolute Gasteiger partial charge is 0.263 e. The third-order valence-corrected chi connectivity index (χ3v) is 4.21. The highest BCUT2D eigenvalue weighted by atomic mass is 79.9. The van der Waals surface area contributed by atoms with Gasteiger partial charge in [0.25, 0.3) is 5.91 Å². The van der Waals surface area contributed by atoms with E-state index < -0.39 is 0 Å². The minimum absolute atomic E-state index is 0.124. The summed E-state index contributed by atoms with van der Waals surface area (Å²) in [6, 6.07) is 4.13. The molecule has 0 aliphatic rings. The minimum Gasteiger partial charge on any atom is -0.338 e. The first-order valence-electron chi connectivity index (χ1n) is 5.12. The molecular formula is C11H16BrNOS. The fourth-order valence-corrected chi connectivity index (χ4v) is 2.97. The molecular weight excluding hydrogens is 274 g/mol. The van der Waals surface area contributed by atoms with Gasteiger partial charge in [0.15, 0.2) is 0 Å². The van der Waals surface area contributed by atoms with Crippen LogP contribution in [0.1, 0.15) is 36.4 Å². The number of thiophene rings is 1. The standard InChI is InChI=1S/C11H16BrNOS/c1-4-8(5-2)13(3)11(14)9-6-7-10(12)15-9/h6-8H,4-5H2,1-3H3. The number of carbonyl (C=O) groups is 1. The second-order valence-electron chi connectivity index (χ2n) is 3.49. The number of hydrogen-bond donors (Lipinski definition) is 0. The molecule has 1 amide bonds. The van der Waals surface area contributed by atoms with Crippen LogP contribution in [0.2, 0.25) is 0 Å².